The standard InChI is InChI=1S/C17H17N3O2/c21-16(7-6-15-5-2-13-22-15)18-10-3-11-20-12-8-14-4-1-9-19-17(14)20/h1-2,4-9,12-13H,3,10-11H2,(H,18,21)/b7-6+. The predicted molar refractivity (Wildman–Crippen MR) is 85.1 cm³/mol. The molecule has 3 aromatic rings. The van der Waals surface area contributed by atoms with Gasteiger partial charge in [0, 0.05) is 36.9 Å². The molecule has 0 aliphatic rings. The van der Waals surface area contributed by atoms with Gasteiger partial charge in [0.2, 0.25) is 5.91 Å². The Hall–Kier alpha value is -2.82. The normalized spacial score (nSPS) is 11.3. The fourth-order valence-electron chi connectivity index (χ4n) is 2.26. The maximum atomic E-state index is 11.7. The van der Waals surface area contributed by atoms with Crippen molar-refractivity contribution in [2.45, 2.75) is 13.0 Å². The number of hydrogen-bond donors (Lipinski definition) is 1. The molecule has 112 valence electrons. The Morgan fingerprint density at radius 1 is 1.32 bits per heavy atom. The van der Waals surface area contributed by atoms with Crippen molar-refractivity contribution in [3.05, 3.63) is 60.8 Å². The van der Waals surface area contributed by atoms with Crippen molar-refractivity contribution in [1.82, 2.24) is 14.9 Å². The van der Waals surface area contributed by atoms with Crippen LogP contribution in [-0.4, -0.2) is 22.0 Å². The molecule has 3 rings (SSSR count). The minimum atomic E-state index is -0.119. The number of fused-ring (bicyclic) bond motifs is 1. The first-order chi connectivity index (χ1) is 10.8. The molecule has 1 amide bonds. The Morgan fingerprint density at radius 2 is 2.27 bits per heavy atom. The molecular formula is C17H17N3O2. The van der Waals surface area contributed by atoms with Crippen molar-refractivity contribution in [2.24, 2.45) is 0 Å². The Labute approximate surface area is 128 Å². The summed E-state index contributed by atoms with van der Waals surface area (Å²) in [7, 11) is 0. The van der Waals surface area contributed by atoms with Crippen LogP contribution in [0, 0.1) is 0 Å². The number of aromatic nitrogens is 2. The Kier molecular flexibility index (Phi) is 4.34. The first-order valence-corrected chi connectivity index (χ1v) is 7.22. The molecule has 0 bridgehead atoms. The summed E-state index contributed by atoms with van der Waals surface area (Å²) < 4.78 is 7.22. The highest BCUT2D eigenvalue weighted by Crippen LogP contribution is 2.12. The lowest BCUT2D eigenvalue weighted by Crippen LogP contribution is -2.23. The monoisotopic (exact) mass is 295 g/mol. The zero-order chi connectivity index (χ0) is 15.2. The van der Waals surface area contributed by atoms with Gasteiger partial charge in [-0.05, 0) is 42.8 Å². The molecule has 3 aromatic heterocycles. The van der Waals surface area contributed by atoms with Crippen molar-refractivity contribution in [3.63, 3.8) is 0 Å². The van der Waals surface area contributed by atoms with Gasteiger partial charge in [-0.25, -0.2) is 4.98 Å². The fourth-order valence-corrected chi connectivity index (χ4v) is 2.26. The van der Waals surface area contributed by atoms with Crippen molar-refractivity contribution in [3.8, 4) is 0 Å². The number of carbonyl (C=O) groups excluding carboxylic acids is 1. The number of aryl methyl sites for hydroxylation is 1. The second-order valence-electron chi connectivity index (χ2n) is 4.92. The van der Waals surface area contributed by atoms with Gasteiger partial charge in [-0.3, -0.25) is 4.79 Å². The first-order valence-electron chi connectivity index (χ1n) is 7.22. The Balaban J connectivity index is 1.44. The number of rotatable bonds is 6. The van der Waals surface area contributed by atoms with E-state index in [0.717, 1.165) is 24.0 Å². The number of nitrogens with zero attached hydrogens (tertiary/aromatic N) is 2. The molecule has 0 aliphatic carbocycles. The number of furan rings is 1. The molecule has 3 heterocycles. The van der Waals surface area contributed by atoms with Crippen molar-refractivity contribution in [1.29, 1.82) is 0 Å². The molecule has 0 saturated heterocycles. The summed E-state index contributed by atoms with van der Waals surface area (Å²) >= 11 is 0. The van der Waals surface area contributed by atoms with Gasteiger partial charge in [0.05, 0.1) is 6.26 Å². The maximum Gasteiger partial charge on any atom is 0.244 e. The summed E-state index contributed by atoms with van der Waals surface area (Å²) in [5.41, 5.74) is 0.978. The minimum Gasteiger partial charge on any atom is -0.465 e. The third-order valence-electron chi connectivity index (χ3n) is 3.34. The molecule has 5 nitrogen and oxygen atoms in total. The van der Waals surface area contributed by atoms with Crippen LogP contribution in [0.25, 0.3) is 17.1 Å². The minimum absolute atomic E-state index is 0.119. The molecule has 1 N–H and O–H groups in total. The van der Waals surface area contributed by atoms with Crippen LogP contribution < -0.4 is 5.32 Å². The van der Waals surface area contributed by atoms with Crippen molar-refractivity contribution >= 4 is 23.0 Å². The van der Waals surface area contributed by atoms with Gasteiger partial charge in [-0.15, -0.1) is 0 Å². The molecular weight excluding hydrogens is 278 g/mol. The molecule has 0 radical (unpaired) electrons. The molecule has 0 unspecified atom stereocenters. The highest BCUT2D eigenvalue weighted by Gasteiger charge is 2.01. The quantitative estimate of drug-likeness (QED) is 0.562. The molecule has 0 saturated carbocycles. The third-order valence-corrected chi connectivity index (χ3v) is 3.34. The summed E-state index contributed by atoms with van der Waals surface area (Å²) in [4.78, 5) is 16.0. The van der Waals surface area contributed by atoms with E-state index in [0.29, 0.717) is 12.3 Å². The van der Waals surface area contributed by atoms with Gasteiger partial charge in [0.25, 0.3) is 0 Å². The van der Waals surface area contributed by atoms with Crippen LogP contribution in [-0.2, 0) is 11.3 Å². The van der Waals surface area contributed by atoms with Crippen LogP contribution >= 0.6 is 0 Å². The number of nitrogens with one attached hydrogen (secondary N) is 1. The lowest BCUT2D eigenvalue weighted by molar-refractivity contribution is -0.116. The zero-order valence-electron chi connectivity index (χ0n) is 12.1. The maximum absolute atomic E-state index is 11.7. The third kappa shape index (κ3) is 3.44. The van der Waals surface area contributed by atoms with E-state index in [2.05, 4.69) is 14.9 Å². The zero-order valence-corrected chi connectivity index (χ0v) is 12.1. The van der Waals surface area contributed by atoms with Gasteiger partial charge in [0.1, 0.15) is 11.4 Å². The van der Waals surface area contributed by atoms with E-state index in [1.54, 1.807) is 30.7 Å². The molecule has 0 fully saturated rings. The van der Waals surface area contributed by atoms with E-state index in [1.807, 2.05) is 24.4 Å². The molecule has 0 aromatic carbocycles. The second-order valence-corrected chi connectivity index (χ2v) is 4.92. The summed E-state index contributed by atoms with van der Waals surface area (Å²) in [5.74, 6) is 0.548. The first kappa shape index (κ1) is 14.1. The molecule has 0 aliphatic heterocycles. The van der Waals surface area contributed by atoms with Crippen LogP contribution in [0.3, 0.4) is 0 Å². The fraction of sp³-hybridized carbons (Fsp3) is 0.176. The van der Waals surface area contributed by atoms with E-state index < -0.39 is 0 Å². The van der Waals surface area contributed by atoms with Gasteiger partial charge < -0.3 is 14.3 Å². The molecule has 0 atom stereocenters. The van der Waals surface area contributed by atoms with Crippen LogP contribution in [0.15, 0.2) is 59.5 Å². The van der Waals surface area contributed by atoms with E-state index in [-0.39, 0.29) is 5.91 Å². The highest BCUT2D eigenvalue weighted by atomic mass is 16.3. The molecule has 5 heteroatoms. The van der Waals surface area contributed by atoms with Crippen molar-refractivity contribution < 1.29 is 9.21 Å². The largest absolute Gasteiger partial charge is 0.465 e. The van der Waals surface area contributed by atoms with Crippen LogP contribution in [0.2, 0.25) is 0 Å². The SMILES string of the molecule is O=C(/C=C/c1ccco1)NCCCn1ccc2cccnc21. The Bertz CT molecular complexity index is 772. The van der Waals surface area contributed by atoms with Gasteiger partial charge in [-0.1, -0.05) is 0 Å². The van der Waals surface area contributed by atoms with E-state index in [9.17, 15) is 4.79 Å². The number of pyridine rings is 1. The highest BCUT2D eigenvalue weighted by molar-refractivity contribution is 5.91. The van der Waals surface area contributed by atoms with Gasteiger partial charge in [-0.2, -0.15) is 0 Å². The van der Waals surface area contributed by atoms with E-state index >= 15 is 0 Å². The second kappa shape index (κ2) is 6.76. The van der Waals surface area contributed by atoms with Crippen molar-refractivity contribution in [2.75, 3.05) is 6.54 Å². The number of hydrogen-bond acceptors (Lipinski definition) is 3. The predicted octanol–water partition coefficient (Wildman–Crippen LogP) is 2.85. The summed E-state index contributed by atoms with van der Waals surface area (Å²) in [6.07, 6.45) is 9.37. The average molecular weight is 295 g/mol. The topological polar surface area (TPSA) is 60.1 Å². The number of amides is 1. The van der Waals surface area contributed by atoms with Gasteiger partial charge in [0.15, 0.2) is 0 Å². The molecule has 0 spiro atoms. The molecule has 22 heavy (non-hydrogen) atoms. The van der Waals surface area contributed by atoms with E-state index in [1.165, 1.54) is 6.08 Å². The summed E-state index contributed by atoms with van der Waals surface area (Å²) in [5, 5.41) is 3.99. The van der Waals surface area contributed by atoms with Crippen LogP contribution in [0.5, 0.6) is 0 Å². The summed E-state index contributed by atoms with van der Waals surface area (Å²) in [6, 6.07) is 9.60. The lowest BCUT2D eigenvalue weighted by atomic mass is 10.3. The Morgan fingerprint density at radius 3 is 3.14 bits per heavy atom. The smallest absolute Gasteiger partial charge is 0.244 e. The van der Waals surface area contributed by atoms with Gasteiger partial charge >= 0.3 is 0 Å². The lowest BCUT2D eigenvalue weighted by Gasteiger charge is -2.05. The van der Waals surface area contributed by atoms with E-state index in [4.69, 9.17) is 4.42 Å². The van der Waals surface area contributed by atoms with Crippen LogP contribution in [0.4, 0.5) is 0 Å². The van der Waals surface area contributed by atoms with Crippen LogP contribution in [0.1, 0.15) is 12.2 Å². The average Bonchev–Trinajstić information content (AvgIpc) is 3.19. The summed E-state index contributed by atoms with van der Waals surface area (Å²) in [6.45, 7) is 1.44. The number of carbonyl (C=O) groups is 1.